The summed E-state index contributed by atoms with van der Waals surface area (Å²) in [5.41, 5.74) is 3.40. The lowest BCUT2D eigenvalue weighted by Gasteiger charge is -2.32. The number of hydrogen-bond acceptors (Lipinski definition) is 5. The van der Waals surface area contributed by atoms with Crippen LogP contribution in [-0.4, -0.2) is 61.1 Å². The SMILES string of the molecule is COc1ccc(-c2[nH]ncc2CNC[C@H]([C@H]2CCOC2)N2CCCC2)cc1. The number of ether oxygens (including phenoxy) is 2. The Labute approximate surface area is 161 Å². The standard InChI is InChI=1S/C21H30N4O2/c1-26-19-6-4-16(5-7-19)21-18(13-23-24-21)12-22-14-20(17-8-11-27-15-17)25-9-2-3-10-25/h4-7,13,17,20,22H,2-3,8-12,14-15H2,1H3,(H,23,24)/t17-,20+/m0/s1. The number of nitrogens with one attached hydrogen (secondary N) is 2. The Balaban J connectivity index is 1.38. The number of aromatic nitrogens is 2. The minimum Gasteiger partial charge on any atom is -0.497 e. The number of rotatable bonds is 8. The third-order valence-corrected chi connectivity index (χ3v) is 5.88. The molecule has 3 heterocycles. The molecule has 2 atom stereocenters. The van der Waals surface area contributed by atoms with E-state index < -0.39 is 0 Å². The van der Waals surface area contributed by atoms with Gasteiger partial charge in [-0.15, -0.1) is 0 Å². The minimum absolute atomic E-state index is 0.575. The Morgan fingerprint density at radius 1 is 1.30 bits per heavy atom. The highest BCUT2D eigenvalue weighted by Gasteiger charge is 2.31. The Morgan fingerprint density at radius 2 is 2.11 bits per heavy atom. The van der Waals surface area contributed by atoms with E-state index in [2.05, 4.69) is 32.5 Å². The van der Waals surface area contributed by atoms with Gasteiger partial charge in [-0.25, -0.2) is 0 Å². The van der Waals surface area contributed by atoms with E-state index in [1.165, 1.54) is 37.9 Å². The number of benzene rings is 1. The Kier molecular flexibility index (Phi) is 6.07. The summed E-state index contributed by atoms with van der Waals surface area (Å²) < 4.78 is 10.9. The monoisotopic (exact) mass is 370 g/mol. The topological polar surface area (TPSA) is 62.4 Å². The van der Waals surface area contributed by atoms with Gasteiger partial charge in [0.05, 0.1) is 25.6 Å². The van der Waals surface area contributed by atoms with Gasteiger partial charge in [-0.2, -0.15) is 5.10 Å². The highest BCUT2D eigenvalue weighted by atomic mass is 16.5. The third kappa shape index (κ3) is 4.34. The molecule has 2 aliphatic heterocycles. The van der Waals surface area contributed by atoms with Crippen LogP contribution in [0.25, 0.3) is 11.3 Å². The van der Waals surface area contributed by atoms with Crippen molar-refractivity contribution < 1.29 is 9.47 Å². The van der Waals surface area contributed by atoms with Crippen LogP contribution >= 0.6 is 0 Å². The normalized spacial score (nSPS) is 21.6. The van der Waals surface area contributed by atoms with Gasteiger partial charge in [0.25, 0.3) is 0 Å². The second-order valence-corrected chi connectivity index (χ2v) is 7.56. The van der Waals surface area contributed by atoms with Crippen molar-refractivity contribution in [2.75, 3.05) is 40.0 Å². The molecule has 27 heavy (non-hydrogen) atoms. The molecule has 2 aliphatic rings. The zero-order chi connectivity index (χ0) is 18.5. The average molecular weight is 370 g/mol. The summed E-state index contributed by atoms with van der Waals surface area (Å²) in [6.45, 7) is 6.10. The molecule has 0 bridgehead atoms. The summed E-state index contributed by atoms with van der Waals surface area (Å²) in [7, 11) is 1.69. The van der Waals surface area contributed by atoms with Crippen LogP contribution in [0.15, 0.2) is 30.5 Å². The van der Waals surface area contributed by atoms with Crippen LogP contribution in [0.3, 0.4) is 0 Å². The molecule has 2 fully saturated rings. The van der Waals surface area contributed by atoms with Gasteiger partial charge in [0.2, 0.25) is 0 Å². The number of likely N-dealkylation sites (tertiary alicyclic amines) is 1. The van der Waals surface area contributed by atoms with Crippen molar-refractivity contribution in [2.45, 2.75) is 31.8 Å². The van der Waals surface area contributed by atoms with Gasteiger partial charge >= 0.3 is 0 Å². The van der Waals surface area contributed by atoms with Crippen molar-refractivity contribution in [1.82, 2.24) is 20.4 Å². The number of nitrogens with zero attached hydrogens (tertiary/aromatic N) is 2. The van der Waals surface area contributed by atoms with E-state index in [1.54, 1.807) is 7.11 Å². The average Bonchev–Trinajstić information content (AvgIpc) is 3.48. The van der Waals surface area contributed by atoms with E-state index in [9.17, 15) is 0 Å². The maximum absolute atomic E-state index is 5.67. The van der Waals surface area contributed by atoms with Crippen molar-refractivity contribution in [3.63, 3.8) is 0 Å². The molecule has 1 aromatic heterocycles. The Hall–Kier alpha value is -1.89. The Morgan fingerprint density at radius 3 is 2.81 bits per heavy atom. The fourth-order valence-electron chi connectivity index (χ4n) is 4.33. The van der Waals surface area contributed by atoms with Crippen LogP contribution in [0.5, 0.6) is 5.75 Å². The smallest absolute Gasteiger partial charge is 0.118 e. The first-order chi connectivity index (χ1) is 13.3. The predicted molar refractivity (Wildman–Crippen MR) is 106 cm³/mol. The van der Waals surface area contributed by atoms with Crippen LogP contribution in [0.1, 0.15) is 24.8 Å². The quantitative estimate of drug-likeness (QED) is 0.748. The molecule has 0 amide bonds. The van der Waals surface area contributed by atoms with Gasteiger partial charge in [0.15, 0.2) is 0 Å². The minimum atomic E-state index is 0.575. The van der Waals surface area contributed by atoms with E-state index >= 15 is 0 Å². The number of H-pyrrole nitrogens is 1. The first kappa shape index (κ1) is 18.5. The summed E-state index contributed by atoms with van der Waals surface area (Å²) in [5, 5.41) is 11.1. The second-order valence-electron chi connectivity index (χ2n) is 7.56. The lowest BCUT2D eigenvalue weighted by atomic mass is 9.97. The number of aromatic amines is 1. The molecule has 0 spiro atoms. The molecule has 4 rings (SSSR count). The van der Waals surface area contributed by atoms with Crippen molar-refractivity contribution >= 4 is 0 Å². The van der Waals surface area contributed by atoms with E-state index in [0.717, 1.165) is 43.3 Å². The van der Waals surface area contributed by atoms with Crippen LogP contribution in [-0.2, 0) is 11.3 Å². The second kappa shape index (κ2) is 8.87. The summed E-state index contributed by atoms with van der Waals surface area (Å²) in [6.07, 6.45) is 5.77. The number of methoxy groups -OCH3 is 1. The largest absolute Gasteiger partial charge is 0.497 e. The van der Waals surface area contributed by atoms with E-state index in [1.807, 2.05) is 18.3 Å². The van der Waals surface area contributed by atoms with Gasteiger partial charge in [-0.05, 0) is 56.6 Å². The van der Waals surface area contributed by atoms with Crippen molar-refractivity contribution in [2.24, 2.45) is 5.92 Å². The predicted octanol–water partition coefficient (Wildman–Crippen LogP) is 2.68. The molecule has 0 unspecified atom stereocenters. The third-order valence-electron chi connectivity index (χ3n) is 5.88. The molecule has 146 valence electrons. The molecular weight excluding hydrogens is 340 g/mol. The van der Waals surface area contributed by atoms with Gasteiger partial charge < -0.3 is 14.8 Å². The van der Waals surface area contributed by atoms with Gasteiger partial charge in [0.1, 0.15) is 5.75 Å². The van der Waals surface area contributed by atoms with Gasteiger partial charge in [-0.3, -0.25) is 10.00 Å². The van der Waals surface area contributed by atoms with Crippen molar-refractivity contribution in [1.29, 1.82) is 0 Å². The Bertz CT molecular complexity index is 687. The highest BCUT2D eigenvalue weighted by molar-refractivity contribution is 5.63. The van der Waals surface area contributed by atoms with Crippen LogP contribution in [0.2, 0.25) is 0 Å². The molecule has 0 aliphatic carbocycles. The lowest BCUT2D eigenvalue weighted by molar-refractivity contribution is 0.134. The van der Waals surface area contributed by atoms with Crippen molar-refractivity contribution in [3.8, 4) is 17.0 Å². The molecule has 6 nitrogen and oxygen atoms in total. The summed E-state index contributed by atoms with van der Waals surface area (Å²) >= 11 is 0. The fraction of sp³-hybridized carbons (Fsp3) is 0.571. The molecule has 2 N–H and O–H groups in total. The maximum atomic E-state index is 5.67. The zero-order valence-corrected chi connectivity index (χ0v) is 16.1. The molecule has 0 saturated carbocycles. The number of hydrogen-bond donors (Lipinski definition) is 2. The molecule has 0 radical (unpaired) electrons. The molecule has 6 heteroatoms. The van der Waals surface area contributed by atoms with Gasteiger partial charge in [0, 0.05) is 42.8 Å². The fourth-order valence-corrected chi connectivity index (χ4v) is 4.33. The van der Waals surface area contributed by atoms with Crippen molar-refractivity contribution in [3.05, 3.63) is 36.0 Å². The van der Waals surface area contributed by atoms with Crippen LogP contribution in [0, 0.1) is 5.92 Å². The van der Waals surface area contributed by atoms with Crippen LogP contribution < -0.4 is 10.1 Å². The molecular formula is C21H30N4O2. The first-order valence-electron chi connectivity index (χ1n) is 10.0. The van der Waals surface area contributed by atoms with Gasteiger partial charge in [-0.1, -0.05) is 0 Å². The lowest BCUT2D eigenvalue weighted by Crippen LogP contribution is -2.45. The highest BCUT2D eigenvalue weighted by Crippen LogP contribution is 2.25. The van der Waals surface area contributed by atoms with E-state index in [4.69, 9.17) is 9.47 Å². The maximum Gasteiger partial charge on any atom is 0.118 e. The molecule has 2 saturated heterocycles. The zero-order valence-electron chi connectivity index (χ0n) is 16.1. The van der Waals surface area contributed by atoms with E-state index in [-0.39, 0.29) is 0 Å². The molecule has 1 aromatic carbocycles. The molecule has 2 aromatic rings. The van der Waals surface area contributed by atoms with Crippen LogP contribution in [0.4, 0.5) is 0 Å². The summed E-state index contributed by atoms with van der Waals surface area (Å²) in [5.74, 6) is 1.52. The summed E-state index contributed by atoms with van der Waals surface area (Å²) in [4.78, 5) is 2.66. The summed E-state index contributed by atoms with van der Waals surface area (Å²) in [6, 6.07) is 8.68. The van der Waals surface area contributed by atoms with E-state index in [0.29, 0.717) is 12.0 Å². The first-order valence-corrected chi connectivity index (χ1v) is 10.0.